The van der Waals surface area contributed by atoms with Crippen LogP contribution in [0.25, 0.3) is 66.8 Å². The molecule has 0 aliphatic heterocycles. The summed E-state index contributed by atoms with van der Waals surface area (Å²) in [5.74, 6) is 0. The van der Waals surface area contributed by atoms with E-state index >= 15 is 0 Å². The van der Waals surface area contributed by atoms with E-state index < -0.39 is 0 Å². The molecule has 260 valence electrons. The summed E-state index contributed by atoms with van der Waals surface area (Å²) in [6, 6.07) is 85.3. The van der Waals surface area contributed by atoms with E-state index in [0.29, 0.717) is 0 Å². The van der Waals surface area contributed by atoms with Crippen molar-refractivity contribution in [2.45, 2.75) is 0 Å². The van der Waals surface area contributed by atoms with Gasteiger partial charge in [0.1, 0.15) is 0 Å². The Kier molecular flexibility index (Phi) is 9.41. The largest absolute Gasteiger partial charge is 0.310 e. The number of benzene rings is 9. The molecule has 0 fully saturated rings. The van der Waals surface area contributed by atoms with Gasteiger partial charge in [0.05, 0.1) is 0 Å². The van der Waals surface area contributed by atoms with Crippen LogP contribution in [-0.2, 0) is 0 Å². The molecule has 0 radical (unpaired) electrons. The summed E-state index contributed by atoms with van der Waals surface area (Å²) in [5.41, 5.74) is 17.2. The maximum atomic E-state index is 2.45. The van der Waals surface area contributed by atoms with Gasteiger partial charge in [-0.05, 0) is 121 Å². The Balaban J connectivity index is 1.36. The summed E-state index contributed by atoms with van der Waals surface area (Å²) in [4.78, 5) is 2.45. The summed E-state index contributed by atoms with van der Waals surface area (Å²) < 4.78 is 0. The number of rotatable bonds is 9. The van der Waals surface area contributed by atoms with Crippen LogP contribution in [0.15, 0.2) is 237 Å². The molecule has 0 unspecified atom stereocenters. The zero-order valence-electron chi connectivity index (χ0n) is 30.5. The Bertz CT molecular complexity index is 2180. The lowest BCUT2D eigenvalue weighted by atomic mass is 9.94. The minimum absolute atomic E-state index is 1.08. The zero-order chi connectivity index (χ0) is 36.8. The number of hydrogen-bond donors (Lipinski definition) is 0. The molecule has 0 aliphatic rings. The third-order valence-corrected chi connectivity index (χ3v) is 10.2. The monoisotopic (exact) mass is 701 g/mol. The van der Waals surface area contributed by atoms with Crippen molar-refractivity contribution in [1.82, 2.24) is 0 Å². The van der Waals surface area contributed by atoms with Gasteiger partial charge in [-0.1, -0.05) is 182 Å². The fourth-order valence-electron chi connectivity index (χ4n) is 7.45. The highest BCUT2D eigenvalue weighted by atomic mass is 15.1. The van der Waals surface area contributed by atoms with Gasteiger partial charge in [-0.15, -0.1) is 0 Å². The van der Waals surface area contributed by atoms with Crippen molar-refractivity contribution in [2.75, 3.05) is 4.90 Å². The first-order valence-corrected chi connectivity index (χ1v) is 18.8. The van der Waals surface area contributed by atoms with Gasteiger partial charge in [0.15, 0.2) is 0 Å². The van der Waals surface area contributed by atoms with Crippen molar-refractivity contribution in [3.05, 3.63) is 237 Å². The van der Waals surface area contributed by atoms with E-state index in [1.807, 2.05) is 0 Å². The SMILES string of the molecule is c1ccc(-c2cc(-c3ccccc3)cc(N(c3cc(-c4ccccc4)cc(-c4ccccc4)c3)c3cc(-c4ccccc4)cc(-c4ccccc4)c3)c2)cc1. The van der Waals surface area contributed by atoms with Crippen LogP contribution in [0.1, 0.15) is 0 Å². The fourth-order valence-corrected chi connectivity index (χ4v) is 7.45. The normalized spacial score (nSPS) is 10.9. The van der Waals surface area contributed by atoms with Crippen molar-refractivity contribution < 1.29 is 0 Å². The van der Waals surface area contributed by atoms with E-state index in [-0.39, 0.29) is 0 Å². The maximum absolute atomic E-state index is 2.45. The summed E-state index contributed by atoms with van der Waals surface area (Å²) in [5, 5.41) is 0. The predicted molar refractivity (Wildman–Crippen MR) is 234 cm³/mol. The molecule has 0 saturated carbocycles. The Labute approximate surface area is 324 Å². The van der Waals surface area contributed by atoms with Gasteiger partial charge in [-0.3, -0.25) is 0 Å². The summed E-state index contributed by atoms with van der Waals surface area (Å²) in [7, 11) is 0. The van der Waals surface area contributed by atoms with Gasteiger partial charge in [0.2, 0.25) is 0 Å². The molecule has 1 nitrogen and oxygen atoms in total. The third kappa shape index (κ3) is 7.38. The molecule has 9 aromatic carbocycles. The highest BCUT2D eigenvalue weighted by Gasteiger charge is 2.20. The quantitative estimate of drug-likeness (QED) is 0.145. The first-order chi connectivity index (χ1) is 27.2. The van der Waals surface area contributed by atoms with Crippen molar-refractivity contribution in [1.29, 1.82) is 0 Å². The van der Waals surface area contributed by atoms with E-state index in [1.165, 1.54) is 33.4 Å². The topological polar surface area (TPSA) is 3.24 Å². The molecule has 55 heavy (non-hydrogen) atoms. The Morgan fingerprint density at radius 1 is 0.164 bits per heavy atom. The summed E-state index contributed by atoms with van der Waals surface area (Å²) >= 11 is 0. The smallest absolute Gasteiger partial charge is 0.0473 e. The summed E-state index contributed by atoms with van der Waals surface area (Å²) in [6.07, 6.45) is 0. The molecule has 0 N–H and O–H groups in total. The van der Waals surface area contributed by atoms with Gasteiger partial charge in [0, 0.05) is 17.1 Å². The highest BCUT2D eigenvalue weighted by Crippen LogP contribution is 2.44. The number of hydrogen-bond acceptors (Lipinski definition) is 1. The lowest BCUT2D eigenvalue weighted by molar-refractivity contribution is 1.28. The molecule has 1 heteroatoms. The Morgan fingerprint density at radius 2 is 0.327 bits per heavy atom. The van der Waals surface area contributed by atoms with Crippen LogP contribution in [-0.4, -0.2) is 0 Å². The van der Waals surface area contributed by atoms with E-state index in [4.69, 9.17) is 0 Å². The van der Waals surface area contributed by atoms with Gasteiger partial charge in [-0.25, -0.2) is 0 Å². The average Bonchev–Trinajstić information content (AvgIpc) is 3.28. The van der Waals surface area contributed by atoms with Gasteiger partial charge >= 0.3 is 0 Å². The predicted octanol–water partition coefficient (Wildman–Crippen LogP) is 15.2. The standard InChI is InChI=1S/C54H39N/c1-7-19-40(20-8-1)46-31-47(41-21-9-2-10-22-41)35-52(34-46)55(53-36-48(42-23-11-3-12-24-42)32-49(37-53)43-25-13-4-14-26-43)54-38-50(44-27-15-5-16-28-44)33-51(39-54)45-29-17-6-18-30-45/h1-39H. The fraction of sp³-hybridized carbons (Fsp3) is 0. The van der Waals surface area contributed by atoms with Crippen LogP contribution >= 0.6 is 0 Å². The van der Waals surface area contributed by atoms with Gasteiger partial charge in [-0.2, -0.15) is 0 Å². The minimum atomic E-state index is 1.08. The molecular weight excluding hydrogens is 663 g/mol. The summed E-state index contributed by atoms with van der Waals surface area (Å²) in [6.45, 7) is 0. The second-order valence-electron chi connectivity index (χ2n) is 13.8. The first kappa shape index (κ1) is 33.6. The van der Waals surface area contributed by atoms with Crippen molar-refractivity contribution >= 4 is 17.1 Å². The van der Waals surface area contributed by atoms with Crippen molar-refractivity contribution in [2.24, 2.45) is 0 Å². The van der Waals surface area contributed by atoms with Gasteiger partial charge in [0.25, 0.3) is 0 Å². The lowest BCUT2D eigenvalue weighted by Gasteiger charge is -2.29. The maximum Gasteiger partial charge on any atom is 0.0473 e. The molecule has 0 atom stereocenters. The van der Waals surface area contributed by atoms with E-state index in [0.717, 1.165) is 50.4 Å². The molecule has 9 aromatic rings. The molecule has 0 spiro atoms. The minimum Gasteiger partial charge on any atom is -0.310 e. The van der Waals surface area contributed by atoms with E-state index in [9.17, 15) is 0 Å². The second kappa shape index (κ2) is 15.4. The third-order valence-electron chi connectivity index (χ3n) is 10.2. The van der Waals surface area contributed by atoms with E-state index in [1.54, 1.807) is 0 Å². The number of nitrogens with zero attached hydrogens (tertiary/aromatic N) is 1. The molecule has 0 saturated heterocycles. The zero-order valence-corrected chi connectivity index (χ0v) is 30.5. The Hall–Kier alpha value is -7.22. The van der Waals surface area contributed by atoms with Crippen molar-refractivity contribution in [3.63, 3.8) is 0 Å². The molecule has 0 aliphatic carbocycles. The first-order valence-electron chi connectivity index (χ1n) is 18.8. The molecule has 0 amide bonds. The number of anilines is 3. The molecule has 0 bridgehead atoms. The van der Waals surface area contributed by atoms with E-state index in [2.05, 4.69) is 241 Å². The van der Waals surface area contributed by atoms with Crippen LogP contribution in [0.3, 0.4) is 0 Å². The second-order valence-corrected chi connectivity index (χ2v) is 13.8. The van der Waals surface area contributed by atoms with Crippen LogP contribution in [0.5, 0.6) is 0 Å². The van der Waals surface area contributed by atoms with Crippen molar-refractivity contribution in [3.8, 4) is 66.8 Å². The van der Waals surface area contributed by atoms with Gasteiger partial charge < -0.3 is 4.90 Å². The average molecular weight is 702 g/mol. The van der Waals surface area contributed by atoms with Crippen LogP contribution in [0, 0.1) is 0 Å². The highest BCUT2D eigenvalue weighted by molar-refractivity contribution is 5.91. The van der Waals surface area contributed by atoms with Crippen LogP contribution < -0.4 is 4.90 Å². The van der Waals surface area contributed by atoms with Crippen LogP contribution in [0.2, 0.25) is 0 Å². The molecule has 0 heterocycles. The Morgan fingerprint density at radius 3 is 0.491 bits per heavy atom. The molecule has 0 aromatic heterocycles. The molecular formula is C54H39N. The van der Waals surface area contributed by atoms with Crippen LogP contribution in [0.4, 0.5) is 17.1 Å². The molecule has 9 rings (SSSR count). The lowest BCUT2D eigenvalue weighted by Crippen LogP contribution is -2.11.